The van der Waals surface area contributed by atoms with Crippen molar-refractivity contribution in [2.45, 2.75) is 106 Å². The van der Waals surface area contributed by atoms with Crippen LogP contribution in [0.5, 0.6) is 0 Å². The number of allylic oxidation sites excluding steroid dienone is 3. The molecule has 0 saturated heterocycles. The Morgan fingerprint density at radius 3 is 2.17 bits per heavy atom. The third kappa shape index (κ3) is 2.72. The molecule has 190 valence electrons. The Morgan fingerprint density at radius 1 is 0.914 bits per heavy atom. The van der Waals surface area contributed by atoms with Gasteiger partial charge in [-0.3, -0.25) is 4.79 Å². The fourth-order valence-corrected chi connectivity index (χ4v) is 9.89. The summed E-state index contributed by atoms with van der Waals surface area (Å²) >= 11 is 0. The van der Waals surface area contributed by atoms with E-state index in [2.05, 4.69) is 46.4 Å². The SMILES string of the molecule is [C-]#[N+]C1=C[C@]2(C)C3=CC(=O)[C@]4(O)[C@@H]5CC(C)(C)CC[C@]5(C)CC[C@@]4(C)[C@]3(C)CC[C@H]2C(C)(C)C1=O. The van der Waals surface area contributed by atoms with Crippen molar-refractivity contribution >= 4 is 11.6 Å². The molecular formula is C31H43NO3. The van der Waals surface area contributed by atoms with Crippen molar-refractivity contribution < 1.29 is 14.7 Å². The van der Waals surface area contributed by atoms with Crippen LogP contribution >= 0.6 is 0 Å². The molecule has 3 fully saturated rings. The van der Waals surface area contributed by atoms with E-state index < -0.39 is 21.8 Å². The number of carbonyl (C=O) groups is 2. The first-order chi connectivity index (χ1) is 15.9. The van der Waals surface area contributed by atoms with Gasteiger partial charge in [-0.05, 0) is 73.2 Å². The van der Waals surface area contributed by atoms with Gasteiger partial charge in [0.05, 0.1) is 6.57 Å². The zero-order chi connectivity index (χ0) is 26.0. The number of fused-ring (bicyclic) bond motifs is 7. The lowest BCUT2D eigenvalue weighted by atomic mass is 9.33. The maximum Gasteiger partial charge on any atom is 0.226 e. The number of carbonyl (C=O) groups excluding carboxylic acids is 2. The summed E-state index contributed by atoms with van der Waals surface area (Å²) in [6.45, 7) is 25.1. The van der Waals surface area contributed by atoms with Crippen molar-refractivity contribution in [1.29, 1.82) is 0 Å². The van der Waals surface area contributed by atoms with Gasteiger partial charge < -0.3 is 9.90 Å². The van der Waals surface area contributed by atoms with Crippen LogP contribution in [0, 0.1) is 50.9 Å². The molecule has 5 rings (SSSR count). The minimum absolute atomic E-state index is 0.0254. The van der Waals surface area contributed by atoms with Crippen LogP contribution in [-0.2, 0) is 9.59 Å². The number of aliphatic hydroxyl groups is 1. The van der Waals surface area contributed by atoms with Crippen molar-refractivity contribution in [2.75, 3.05) is 0 Å². The second kappa shape index (κ2) is 6.77. The Bertz CT molecular complexity index is 1140. The van der Waals surface area contributed by atoms with Gasteiger partial charge in [0, 0.05) is 22.2 Å². The molecule has 4 heteroatoms. The Balaban J connectivity index is 1.74. The quantitative estimate of drug-likeness (QED) is 0.395. The van der Waals surface area contributed by atoms with Gasteiger partial charge in [-0.1, -0.05) is 67.0 Å². The summed E-state index contributed by atoms with van der Waals surface area (Å²) in [7, 11) is 0. The van der Waals surface area contributed by atoms with Gasteiger partial charge in [0.15, 0.2) is 11.6 Å². The predicted molar refractivity (Wildman–Crippen MR) is 137 cm³/mol. The van der Waals surface area contributed by atoms with Crippen molar-refractivity contribution in [1.82, 2.24) is 0 Å². The summed E-state index contributed by atoms with van der Waals surface area (Å²) in [5, 5.41) is 12.7. The summed E-state index contributed by atoms with van der Waals surface area (Å²) in [6.07, 6.45) is 10.2. The molecule has 0 bridgehead atoms. The van der Waals surface area contributed by atoms with Gasteiger partial charge in [-0.25, -0.2) is 4.85 Å². The highest BCUT2D eigenvalue weighted by atomic mass is 16.3. The molecule has 0 amide bonds. The minimum Gasteiger partial charge on any atom is -0.381 e. The predicted octanol–water partition coefficient (Wildman–Crippen LogP) is 6.69. The van der Waals surface area contributed by atoms with Crippen LogP contribution in [0.25, 0.3) is 4.85 Å². The van der Waals surface area contributed by atoms with Gasteiger partial charge >= 0.3 is 0 Å². The van der Waals surface area contributed by atoms with Crippen LogP contribution < -0.4 is 0 Å². The average Bonchev–Trinajstić information content (AvgIpc) is 2.77. The molecular weight excluding hydrogens is 434 g/mol. The fourth-order valence-electron chi connectivity index (χ4n) is 9.89. The van der Waals surface area contributed by atoms with E-state index in [1.807, 2.05) is 19.9 Å². The molecule has 0 aromatic carbocycles. The molecule has 7 atom stereocenters. The number of rotatable bonds is 0. The van der Waals surface area contributed by atoms with Crippen LogP contribution in [0.2, 0.25) is 0 Å². The molecule has 0 unspecified atom stereocenters. The first-order valence-corrected chi connectivity index (χ1v) is 13.6. The maximum absolute atomic E-state index is 14.3. The molecule has 5 aliphatic rings. The summed E-state index contributed by atoms with van der Waals surface area (Å²) in [4.78, 5) is 31.1. The number of Topliss-reactive ketones (excluding diaryl/α,β-unsaturated/α-hetero) is 1. The van der Waals surface area contributed by atoms with Crippen LogP contribution in [0.4, 0.5) is 0 Å². The van der Waals surface area contributed by atoms with Gasteiger partial charge in [0.25, 0.3) is 0 Å². The van der Waals surface area contributed by atoms with Crippen molar-refractivity contribution in [3.63, 3.8) is 0 Å². The molecule has 0 spiro atoms. The van der Waals surface area contributed by atoms with Crippen molar-refractivity contribution in [2.24, 2.45) is 44.3 Å². The zero-order valence-electron chi connectivity index (χ0n) is 23.0. The van der Waals surface area contributed by atoms with E-state index in [1.54, 1.807) is 6.08 Å². The molecule has 0 aromatic heterocycles. The van der Waals surface area contributed by atoms with Gasteiger partial charge in [-0.15, -0.1) is 0 Å². The van der Waals surface area contributed by atoms with E-state index in [0.717, 1.165) is 50.5 Å². The normalized spacial score (nSPS) is 49.9. The smallest absolute Gasteiger partial charge is 0.226 e. The van der Waals surface area contributed by atoms with E-state index >= 15 is 0 Å². The molecule has 0 aliphatic heterocycles. The first-order valence-electron chi connectivity index (χ1n) is 13.6. The Labute approximate surface area is 211 Å². The lowest BCUT2D eigenvalue weighted by Gasteiger charge is -2.71. The van der Waals surface area contributed by atoms with E-state index in [0.29, 0.717) is 0 Å². The summed E-state index contributed by atoms with van der Waals surface area (Å²) < 4.78 is 0. The lowest BCUT2D eigenvalue weighted by molar-refractivity contribution is -0.242. The second-order valence-corrected chi connectivity index (χ2v) is 15.0. The standard InChI is InChI=1S/C31H43NO3/c1-25(2)12-13-27(5)14-15-30(8)29(7)11-10-20-26(3,4)24(34)19(32-9)17-28(20,6)21(29)16-23(33)31(30,35)22(27)18-25/h16-17,20,22,35H,10-15,18H2,1-8H3/t20-,22+,27+,28-,29+,30-,31+/m0/s1. The van der Waals surface area contributed by atoms with Crippen LogP contribution in [0.3, 0.4) is 0 Å². The third-order valence-corrected chi connectivity index (χ3v) is 12.5. The number of ketones is 2. The number of hydrogen-bond acceptors (Lipinski definition) is 3. The fraction of sp³-hybridized carbons (Fsp3) is 0.774. The third-order valence-electron chi connectivity index (χ3n) is 12.5. The molecule has 4 nitrogen and oxygen atoms in total. The molecule has 0 aromatic rings. The zero-order valence-corrected chi connectivity index (χ0v) is 23.0. The lowest BCUT2D eigenvalue weighted by Crippen LogP contribution is -2.73. The van der Waals surface area contributed by atoms with Crippen molar-refractivity contribution in [3.05, 3.63) is 34.8 Å². The molecule has 3 saturated carbocycles. The molecule has 35 heavy (non-hydrogen) atoms. The van der Waals surface area contributed by atoms with Crippen LogP contribution in [0.1, 0.15) is 100 Å². The van der Waals surface area contributed by atoms with Crippen LogP contribution in [-0.4, -0.2) is 22.3 Å². The van der Waals surface area contributed by atoms with Gasteiger partial charge in [0.2, 0.25) is 5.70 Å². The summed E-state index contributed by atoms with van der Waals surface area (Å²) in [5.41, 5.74) is -2.29. The molecule has 0 radical (unpaired) electrons. The van der Waals surface area contributed by atoms with Crippen molar-refractivity contribution in [3.8, 4) is 0 Å². The Morgan fingerprint density at radius 2 is 1.54 bits per heavy atom. The number of hydrogen-bond donors (Lipinski definition) is 1. The van der Waals surface area contributed by atoms with E-state index in [4.69, 9.17) is 6.57 Å². The first kappa shape index (κ1) is 24.9. The topological polar surface area (TPSA) is 58.7 Å². The average molecular weight is 478 g/mol. The second-order valence-electron chi connectivity index (χ2n) is 15.0. The van der Waals surface area contributed by atoms with Crippen LogP contribution in [0.15, 0.2) is 23.4 Å². The molecule has 0 heterocycles. The molecule has 5 aliphatic carbocycles. The van der Waals surface area contributed by atoms with E-state index in [-0.39, 0.29) is 45.3 Å². The highest BCUT2D eigenvalue weighted by Gasteiger charge is 2.74. The van der Waals surface area contributed by atoms with E-state index in [1.165, 1.54) is 0 Å². The number of nitrogens with zero attached hydrogens (tertiary/aromatic N) is 1. The van der Waals surface area contributed by atoms with Gasteiger partial charge in [0.1, 0.15) is 5.60 Å². The minimum atomic E-state index is -1.40. The van der Waals surface area contributed by atoms with Gasteiger partial charge in [-0.2, -0.15) is 0 Å². The largest absolute Gasteiger partial charge is 0.381 e. The summed E-state index contributed by atoms with van der Waals surface area (Å²) in [6, 6.07) is 0. The maximum atomic E-state index is 14.3. The molecule has 1 N–H and O–H groups in total. The monoisotopic (exact) mass is 477 g/mol. The highest BCUT2D eigenvalue weighted by molar-refractivity contribution is 6.04. The Hall–Kier alpha value is -1.73. The highest BCUT2D eigenvalue weighted by Crippen LogP contribution is 2.75. The van der Waals surface area contributed by atoms with E-state index in [9.17, 15) is 14.7 Å². The summed E-state index contributed by atoms with van der Waals surface area (Å²) in [5.74, 6) is -0.265. The Kier molecular flexibility index (Phi) is 4.82.